The summed E-state index contributed by atoms with van der Waals surface area (Å²) in [7, 11) is 0. The number of fused-ring (bicyclic) bond motifs is 7. The zero-order valence-electron chi connectivity index (χ0n) is 26.1. The fraction of sp³-hybridized carbons (Fsp3) is 0.824. The number of hydrogen-bond donors (Lipinski definition) is 2. The molecule has 0 radical (unpaired) electrons. The number of allylic oxidation sites excluding steroid dienone is 2. The van der Waals surface area contributed by atoms with E-state index < -0.39 is 23.3 Å². The van der Waals surface area contributed by atoms with Gasteiger partial charge in [0.2, 0.25) is 0 Å². The molecule has 4 saturated carbocycles. The van der Waals surface area contributed by atoms with Gasteiger partial charge in [-0.25, -0.2) is 0 Å². The van der Waals surface area contributed by atoms with E-state index in [0.29, 0.717) is 19.3 Å². The molecule has 5 rings (SSSR count). The SMILES string of the molecule is CC1(C)[C@@H](OC(=O)CCC(=O)O)CC[C@@]2(C)[C@H]3C(=O)C=C4[C@H]5C[C@@](C)(C(=O)O)CC[C@]5(C)CC[C@@]4(C)[C@]3(C)CC[C@@H]12. The lowest BCUT2D eigenvalue weighted by Gasteiger charge is -2.70. The van der Waals surface area contributed by atoms with Crippen LogP contribution in [-0.2, 0) is 23.9 Å². The Bertz CT molecular complexity index is 1200. The highest BCUT2D eigenvalue weighted by molar-refractivity contribution is 5.95. The maximum Gasteiger partial charge on any atom is 0.309 e. The van der Waals surface area contributed by atoms with Crippen molar-refractivity contribution in [1.29, 1.82) is 0 Å². The van der Waals surface area contributed by atoms with Crippen molar-refractivity contribution < 1.29 is 34.1 Å². The standard InChI is InChI=1S/C34H50O7/c1-29(2)23-10-13-34(7)27(32(23,5)12-11-24(29)41-26(38)9-8-25(36)37)22(35)18-20-21-19-31(4,28(39)40)15-14-30(21,3)16-17-33(20,34)6/h18,21,23-24,27H,8-17,19H2,1-7H3,(H,36,37)(H,39,40)/t21-,23+,24+,27-,30-,31+,32-,33-,34-/m1/s1. The Hall–Kier alpha value is -2.18. The molecule has 41 heavy (non-hydrogen) atoms. The topological polar surface area (TPSA) is 118 Å². The molecule has 0 aromatic carbocycles. The summed E-state index contributed by atoms with van der Waals surface area (Å²) in [4.78, 5) is 50.3. The maximum absolute atomic E-state index is 14.5. The predicted octanol–water partition coefficient (Wildman–Crippen LogP) is 6.83. The number of rotatable bonds is 5. The predicted molar refractivity (Wildman–Crippen MR) is 154 cm³/mol. The van der Waals surface area contributed by atoms with Crippen molar-refractivity contribution in [2.24, 2.45) is 50.2 Å². The Morgan fingerprint density at radius 1 is 0.878 bits per heavy atom. The molecule has 0 spiro atoms. The molecule has 0 bridgehead atoms. The number of hydrogen-bond acceptors (Lipinski definition) is 5. The van der Waals surface area contributed by atoms with Crippen molar-refractivity contribution in [2.45, 2.75) is 125 Å². The first-order valence-corrected chi connectivity index (χ1v) is 15.7. The van der Waals surface area contributed by atoms with Gasteiger partial charge in [-0.15, -0.1) is 0 Å². The fourth-order valence-corrected chi connectivity index (χ4v) is 11.0. The van der Waals surface area contributed by atoms with Crippen LogP contribution in [0.1, 0.15) is 119 Å². The van der Waals surface area contributed by atoms with Crippen LogP contribution in [0.3, 0.4) is 0 Å². The van der Waals surface area contributed by atoms with Crippen LogP contribution < -0.4 is 0 Å². The van der Waals surface area contributed by atoms with Crippen LogP contribution in [0.25, 0.3) is 0 Å². The van der Waals surface area contributed by atoms with Crippen LogP contribution in [0.15, 0.2) is 11.6 Å². The molecule has 5 aliphatic carbocycles. The monoisotopic (exact) mass is 570 g/mol. The zero-order chi connectivity index (χ0) is 30.4. The van der Waals surface area contributed by atoms with Gasteiger partial charge in [0.15, 0.2) is 5.78 Å². The number of carboxylic acid groups (broad SMARTS) is 2. The minimum absolute atomic E-state index is 0.0233. The summed E-state index contributed by atoms with van der Waals surface area (Å²) < 4.78 is 5.91. The number of carboxylic acids is 2. The minimum Gasteiger partial charge on any atom is -0.481 e. The molecular formula is C34H50O7. The van der Waals surface area contributed by atoms with Gasteiger partial charge in [0.1, 0.15) is 6.10 Å². The van der Waals surface area contributed by atoms with Crippen molar-refractivity contribution >= 4 is 23.7 Å². The second-order valence-electron chi connectivity index (χ2n) is 16.3. The van der Waals surface area contributed by atoms with E-state index in [1.807, 2.05) is 13.0 Å². The Morgan fingerprint density at radius 3 is 2.17 bits per heavy atom. The lowest BCUT2D eigenvalue weighted by atomic mass is 9.33. The molecule has 0 amide bonds. The number of carbonyl (C=O) groups is 4. The van der Waals surface area contributed by atoms with Crippen LogP contribution in [0.5, 0.6) is 0 Å². The third-order valence-electron chi connectivity index (χ3n) is 13.8. The van der Waals surface area contributed by atoms with Gasteiger partial charge >= 0.3 is 17.9 Å². The first-order valence-electron chi connectivity index (χ1n) is 15.7. The number of esters is 1. The Labute approximate surface area is 244 Å². The molecular weight excluding hydrogens is 520 g/mol. The molecule has 9 atom stereocenters. The smallest absolute Gasteiger partial charge is 0.309 e. The summed E-state index contributed by atoms with van der Waals surface area (Å²) in [5, 5.41) is 19.1. The van der Waals surface area contributed by atoms with Gasteiger partial charge in [0.05, 0.1) is 18.3 Å². The minimum atomic E-state index is -1.01. The van der Waals surface area contributed by atoms with E-state index in [1.54, 1.807) is 0 Å². The van der Waals surface area contributed by atoms with E-state index >= 15 is 0 Å². The molecule has 228 valence electrons. The number of ketones is 1. The third kappa shape index (κ3) is 4.25. The molecule has 2 N–H and O–H groups in total. The number of aliphatic carboxylic acids is 2. The van der Waals surface area contributed by atoms with Crippen molar-refractivity contribution in [2.75, 3.05) is 0 Å². The van der Waals surface area contributed by atoms with E-state index in [0.717, 1.165) is 38.5 Å². The molecule has 0 aromatic heterocycles. The van der Waals surface area contributed by atoms with Gasteiger partial charge in [0, 0.05) is 11.3 Å². The highest BCUT2D eigenvalue weighted by Crippen LogP contribution is 2.75. The average molecular weight is 571 g/mol. The van der Waals surface area contributed by atoms with Crippen molar-refractivity contribution in [3.8, 4) is 0 Å². The van der Waals surface area contributed by atoms with Crippen LogP contribution in [0.4, 0.5) is 0 Å². The summed E-state index contributed by atoms with van der Waals surface area (Å²) in [5.41, 5.74) is -0.553. The second-order valence-corrected chi connectivity index (χ2v) is 16.3. The first-order chi connectivity index (χ1) is 18.8. The molecule has 0 heterocycles. The van der Waals surface area contributed by atoms with Crippen molar-refractivity contribution in [3.63, 3.8) is 0 Å². The highest BCUT2D eigenvalue weighted by atomic mass is 16.5. The second kappa shape index (κ2) is 9.41. The molecule has 4 fully saturated rings. The highest BCUT2D eigenvalue weighted by Gasteiger charge is 2.70. The molecule has 7 heteroatoms. The lowest BCUT2D eigenvalue weighted by Crippen LogP contribution is -2.66. The van der Waals surface area contributed by atoms with E-state index in [-0.39, 0.29) is 69.6 Å². The normalized spacial score (nSPS) is 46.6. The summed E-state index contributed by atoms with van der Waals surface area (Å²) in [6.45, 7) is 15.5. The Morgan fingerprint density at radius 2 is 1.54 bits per heavy atom. The molecule has 0 aromatic rings. The summed E-state index contributed by atoms with van der Waals surface area (Å²) in [6.07, 6.45) is 8.80. The lowest BCUT2D eigenvalue weighted by molar-refractivity contribution is -0.211. The Kier molecular flexibility index (Phi) is 6.95. The summed E-state index contributed by atoms with van der Waals surface area (Å²) >= 11 is 0. The van der Waals surface area contributed by atoms with Gasteiger partial charge in [-0.05, 0) is 104 Å². The van der Waals surface area contributed by atoms with Gasteiger partial charge < -0.3 is 14.9 Å². The summed E-state index contributed by atoms with van der Waals surface area (Å²) in [6, 6.07) is 0. The van der Waals surface area contributed by atoms with E-state index in [1.165, 1.54) is 5.57 Å². The molecule has 7 nitrogen and oxygen atoms in total. The van der Waals surface area contributed by atoms with Crippen LogP contribution in [0, 0.1) is 50.2 Å². The Balaban J connectivity index is 1.49. The molecule has 0 saturated heterocycles. The van der Waals surface area contributed by atoms with Crippen LogP contribution >= 0.6 is 0 Å². The third-order valence-corrected chi connectivity index (χ3v) is 13.8. The van der Waals surface area contributed by atoms with Crippen LogP contribution in [0.2, 0.25) is 0 Å². The van der Waals surface area contributed by atoms with Gasteiger partial charge in [0.25, 0.3) is 0 Å². The number of ether oxygens (including phenoxy) is 1. The quantitative estimate of drug-likeness (QED) is 0.348. The molecule has 0 aliphatic heterocycles. The summed E-state index contributed by atoms with van der Waals surface area (Å²) in [5.74, 6) is -1.87. The zero-order valence-corrected chi connectivity index (χ0v) is 26.1. The van der Waals surface area contributed by atoms with Gasteiger partial charge in [-0.1, -0.05) is 47.1 Å². The van der Waals surface area contributed by atoms with Crippen molar-refractivity contribution in [3.05, 3.63) is 11.6 Å². The maximum atomic E-state index is 14.5. The average Bonchev–Trinajstić information content (AvgIpc) is 2.86. The van der Waals surface area contributed by atoms with E-state index in [9.17, 15) is 24.3 Å². The van der Waals surface area contributed by atoms with Gasteiger partial charge in [-0.3, -0.25) is 19.2 Å². The first kappa shape index (κ1) is 30.3. The molecule has 5 aliphatic rings. The van der Waals surface area contributed by atoms with Gasteiger partial charge in [-0.2, -0.15) is 0 Å². The van der Waals surface area contributed by atoms with E-state index in [2.05, 4.69) is 41.5 Å². The fourth-order valence-electron chi connectivity index (χ4n) is 11.0. The van der Waals surface area contributed by atoms with Crippen LogP contribution in [-0.4, -0.2) is 40.0 Å². The van der Waals surface area contributed by atoms with E-state index in [4.69, 9.17) is 9.84 Å². The molecule has 0 unspecified atom stereocenters. The van der Waals surface area contributed by atoms with Crippen molar-refractivity contribution in [1.82, 2.24) is 0 Å². The number of carbonyl (C=O) groups excluding carboxylic acids is 2. The largest absolute Gasteiger partial charge is 0.481 e.